The molecule has 6 heteroatoms. The summed E-state index contributed by atoms with van der Waals surface area (Å²) in [6.07, 6.45) is 0. The van der Waals surface area contributed by atoms with Crippen molar-refractivity contribution in [2.24, 2.45) is 7.05 Å². The van der Waals surface area contributed by atoms with Crippen LogP contribution in [0.4, 0.5) is 0 Å². The van der Waals surface area contributed by atoms with Crippen molar-refractivity contribution in [1.29, 1.82) is 0 Å². The number of carbonyl (C=O) groups is 1. The van der Waals surface area contributed by atoms with Crippen LogP contribution in [0.25, 0.3) is 11.1 Å². The summed E-state index contributed by atoms with van der Waals surface area (Å²) in [4.78, 5) is 14.7. The van der Waals surface area contributed by atoms with Gasteiger partial charge in [0, 0.05) is 37.0 Å². The Balaban J connectivity index is 1.83. The number of aryl methyl sites for hydroxylation is 2. The quantitative estimate of drug-likeness (QED) is 0.690. The third-order valence-corrected chi connectivity index (χ3v) is 4.98. The van der Waals surface area contributed by atoms with Crippen molar-refractivity contribution in [2.75, 3.05) is 13.2 Å². The van der Waals surface area contributed by atoms with E-state index in [9.17, 15) is 15.0 Å². The third kappa shape index (κ3) is 4.07. The van der Waals surface area contributed by atoms with E-state index < -0.39 is 0 Å². The van der Waals surface area contributed by atoms with E-state index in [1.165, 1.54) is 0 Å². The highest BCUT2D eigenvalue weighted by Gasteiger charge is 2.19. The zero-order valence-electron chi connectivity index (χ0n) is 16.4. The van der Waals surface area contributed by atoms with Crippen LogP contribution in [0.1, 0.15) is 27.3 Å². The van der Waals surface area contributed by atoms with E-state index in [0.29, 0.717) is 12.1 Å². The molecule has 3 rings (SSSR count). The van der Waals surface area contributed by atoms with E-state index >= 15 is 0 Å². The van der Waals surface area contributed by atoms with Gasteiger partial charge in [0.2, 0.25) is 0 Å². The number of carbonyl (C=O) groups excluding carboxylic acids is 1. The fraction of sp³-hybridized carbons (Fsp3) is 0.273. The van der Waals surface area contributed by atoms with Crippen molar-refractivity contribution in [3.63, 3.8) is 0 Å². The Kier molecular flexibility index (Phi) is 5.80. The van der Waals surface area contributed by atoms with E-state index in [1.807, 2.05) is 39.1 Å². The normalized spacial score (nSPS) is 10.9. The molecular weight excluding hydrogens is 354 g/mol. The molecule has 146 valence electrons. The minimum Gasteiger partial charge on any atom is -0.508 e. The number of aliphatic hydroxyl groups is 1. The predicted molar refractivity (Wildman–Crippen MR) is 108 cm³/mol. The van der Waals surface area contributed by atoms with E-state index in [4.69, 9.17) is 0 Å². The van der Waals surface area contributed by atoms with Crippen molar-refractivity contribution >= 4 is 5.91 Å². The molecule has 0 aliphatic heterocycles. The molecule has 28 heavy (non-hydrogen) atoms. The first-order valence-electron chi connectivity index (χ1n) is 9.19. The van der Waals surface area contributed by atoms with Gasteiger partial charge in [0.15, 0.2) is 0 Å². The lowest BCUT2D eigenvalue weighted by Gasteiger charge is -2.22. The van der Waals surface area contributed by atoms with Crippen molar-refractivity contribution in [3.8, 4) is 16.9 Å². The number of nitrogens with zero attached hydrogens (tertiary/aromatic N) is 3. The molecule has 0 radical (unpaired) electrons. The molecule has 6 nitrogen and oxygen atoms in total. The number of aromatic nitrogens is 2. The highest BCUT2D eigenvalue weighted by molar-refractivity contribution is 5.94. The molecule has 2 aromatic carbocycles. The van der Waals surface area contributed by atoms with Gasteiger partial charge in [0.25, 0.3) is 5.91 Å². The first-order valence-corrected chi connectivity index (χ1v) is 9.19. The number of phenols is 1. The average molecular weight is 379 g/mol. The number of benzene rings is 2. The number of aliphatic hydroxyl groups excluding tert-OH is 1. The number of hydrogen-bond donors (Lipinski definition) is 2. The molecule has 1 aromatic heterocycles. The molecule has 0 saturated carbocycles. The Morgan fingerprint density at radius 3 is 2.39 bits per heavy atom. The largest absolute Gasteiger partial charge is 0.508 e. The first kappa shape index (κ1) is 19.6. The van der Waals surface area contributed by atoms with Crippen LogP contribution in [0.2, 0.25) is 0 Å². The Morgan fingerprint density at radius 1 is 1.11 bits per heavy atom. The van der Waals surface area contributed by atoms with Gasteiger partial charge in [-0.15, -0.1) is 0 Å². The molecule has 2 N–H and O–H groups in total. The standard InChI is InChI=1S/C22H25N3O3/c1-15-21(16(2)24(3)23-15)14-25(11-12-26)22(28)18-9-7-17(8-10-18)19-5-4-6-20(27)13-19/h4-10,13,26-27H,11-12,14H2,1-3H3. The summed E-state index contributed by atoms with van der Waals surface area (Å²) in [5, 5.41) is 23.5. The molecule has 1 amide bonds. The van der Waals surface area contributed by atoms with E-state index in [-0.39, 0.29) is 24.8 Å². The molecule has 0 aliphatic carbocycles. The predicted octanol–water partition coefficient (Wildman–Crippen LogP) is 3.04. The van der Waals surface area contributed by atoms with Gasteiger partial charge >= 0.3 is 0 Å². The maximum atomic E-state index is 13.0. The molecule has 3 aromatic rings. The smallest absolute Gasteiger partial charge is 0.254 e. The van der Waals surface area contributed by atoms with Crippen LogP contribution in [0.5, 0.6) is 5.75 Å². The van der Waals surface area contributed by atoms with Crippen molar-refractivity contribution < 1.29 is 15.0 Å². The van der Waals surface area contributed by atoms with Gasteiger partial charge in [-0.25, -0.2) is 0 Å². The molecule has 0 spiro atoms. The summed E-state index contributed by atoms with van der Waals surface area (Å²) in [5.41, 5.74) is 5.24. The fourth-order valence-corrected chi connectivity index (χ4v) is 3.28. The Morgan fingerprint density at radius 2 is 1.82 bits per heavy atom. The first-order chi connectivity index (χ1) is 13.4. The van der Waals surface area contributed by atoms with E-state index in [1.54, 1.807) is 39.9 Å². The second-order valence-electron chi connectivity index (χ2n) is 6.85. The third-order valence-electron chi connectivity index (χ3n) is 4.98. The number of amides is 1. The van der Waals surface area contributed by atoms with E-state index in [2.05, 4.69) is 5.10 Å². The average Bonchev–Trinajstić information content (AvgIpc) is 2.93. The minimum atomic E-state index is -0.140. The molecule has 0 saturated heterocycles. The monoisotopic (exact) mass is 379 g/mol. The zero-order valence-corrected chi connectivity index (χ0v) is 16.4. The van der Waals surface area contributed by atoms with Crippen molar-refractivity contribution in [2.45, 2.75) is 20.4 Å². The van der Waals surface area contributed by atoms with Crippen LogP contribution in [0.3, 0.4) is 0 Å². The highest BCUT2D eigenvalue weighted by Crippen LogP contribution is 2.24. The summed E-state index contributed by atoms with van der Waals surface area (Å²) in [6, 6.07) is 14.3. The number of aromatic hydroxyl groups is 1. The van der Waals surface area contributed by atoms with Gasteiger partial charge in [0.1, 0.15) is 5.75 Å². The lowest BCUT2D eigenvalue weighted by atomic mass is 10.0. The van der Waals surface area contributed by atoms with Crippen molar-refractivity contribution in [1.82, 2.24) is 14.7 Å². The zero-order chi connectivity index (χ0) is 20.3. The summed E-state index contributed by atoms with van der Waals surface area (Å²) in [6.45, 7) is 4.45. The van der Waals surface area contributed by atoms with E-state index in [0.717, 1.165) is 28.1 Å². The summed E-state index contributed by atoms with van der Waals surface area (Å²) < 4.78 is 1.80. The number of hydrogen-bond acceptors (Lipinski definition) is 4. The second-order valence-corrected chi connectivity index (χ2v) is 6.85. The summed E-state index contributed by atoms with van der Waals surface area (Å²) >= 11 is 0. The van der Waals surface area contributed by atoms with Gasteiger partial charge < -0.3 is 15.1 Å². The highest BCUT2D eigenvalue weighted by atomic mass is 16.3. The topological polar surface area (TPSA) is 78.6 Å². The SMILES string of the molecule is Cc1nn(C)c(C)c1CN(CCO)C(=O)c1ccc(-c2cccc(O)c2)cc1. The molecule has 0 unspecified atom stereocenters. The van der Waals surface area contributed by atoms with Gasteiger partial charge in [-0.1, -0.05) is 24.3 Å². The lowest BCUT2D eigenvalue weighted by molar-refractivity contribution is 0.0707. The molecule has 0 atom stereocenters. The molecule has 0 fully saturated rings. The van der Waals surface area contributed by atoms with Crippen LogP contribution in [-0.2, 0) is 13.6 Å². The van der Waals surface area contributed by atoms with Gasteiger partial charge in [0.05, 0.1) is 12.3 Å². The Hall–Kier alpha value is -3.12. The van der Waals surface area contributed by atoms with Gasteiger partial charge in [-0.05, 0) is 49.2 Å². The Bertz CT molecular complexity index is 977. The van der Waals surface area contributed by atoms with Crippen LogP contribution >= 0.6 is 0 Å². The fourth-order valence-electron chi connectivity index (χ4n) is 3.28. The second kappa shape index (κ2) is 8.27. The van der Waals surface area contributed by atoms with Crippen LogP contribution in [-0.4, -0.2) is 44.0 Å². The number of phenolic OH excluding ortho intramolecular Hbond substituents is 1. The van der Waals surface area contributed by atoms with Crippen molar-refractivity contribution in [3.05, 3.63) is 71.0 Å². The molecule has 0 aliphatic rings. The molecule has 0 bridgehead atoms. The maximum absolute atomic E-state index is 13.0. The van der Waals surface area contributed by atoms with Crippen LogP contribution in [0, 0.1) is 13.8 Å². The van der Waals surface area contributed by atoms with Crippen LogP contribution in [0.15, 0.2) is 48.5 Å². The minimum absolute atomic E-state index is 0.106. The molecule has 1 heterocycles. The lowest BCUT2D eigenvalue weighted by Crippen LogP contribution is -2.33. The van der Waals surface area contributed by atoms with Gasteiger partial charge in [-0.2, -0.15) is 5.10 Å². The van der Waals surface area contributed by atoms with Crippen LogP contribution < -0.4 is 0 Å². The number of rotatable bonds is 6. The summed E-state index contributed by atoms with van der Waals surface area (Å²) in [5.74, 6) is 0.0631. The summed E-state index contributed by atoms with van der Waals surface area (Å²) in [7, 11) is 1.88. The van der Waals surface area contributed by atoms with Gasteiger partial charge in [-0.3, -0.25) is 9.48 Å². The molecular formula is C22H25N3O3. The Labute approximate surface area is 164 Å². The maximum Gasteiger partial charge on any atom is 0.254 e.